The molecular formula is C21H23ClN2O. The topological polar surface area (TPSA) is 42.0 Å². The summed E-state index contributed by atoms with van der Waals surface area (Å²) in [5.74, 6) is 4.23. The molecule has 0 unspecified atom stereocenters. The number of halogens is 1. The van der Waals surface area contributed by atoms with Crippen molar-refractivity contribution in [1.29, 1.82) is 0 Å². The Labute approximate surface area is 153 Å². The van der Waals surface area contributed by atoms with E-state index in [9.17, 15) is 4.79 Å². The molecule has 0 aliphatic heterocycles. The van der Waals surface area contributed by atoms with Crippen molar-refractivity contribution in [3.8, 4) is 0 Å². The Bertz CT molecular complexity index is 806. The van der Waals surface area contributed by atoms with E-state index >= 15 is 0 Å². The standard InChI is InChI=1S/C21H23ClN2O/c22-20-5-4-16-18(23-20)2-1-3-19(16)24-21(25)11-17-14-7-12-6-13(9-14)10-15(17)8-12/h1-5,12-15,17H,6-11H2,(H,24,25). The van der Waals surface area contributed by atoms with Crippen molar-refractivity contribution in [3.05, 3.63) is 35.5 Å². The molecule has 4 fully saturated rings. The molecule has 1 heterocycles. The molecule has 4 aliphatic rings. The molecule has 0 spiro atoms. The summed E-state index contributed by atoms with van der Waals surface area (Å²) in [5, 5.41) is 4.57. The molecule has 4 bridgehead atoms. The van der Waals surface area contributed by atoms with Gasteiger partial charge in [-0.3, -0.25) is 4.79 Å². The van der Waals surface area contributed by atoms with Crippen LogP contribution in [0.3, 0.4) is 0 Å². The number of hydrogen-bond acceptors (Lipinski definition) is 2. The molecule has 4 heteroatoms. The lowest BCUT2D eigenvalue weighted by atomic mass is 9.51. The van der Waals surface area contributed by atoms with Gasteiger partial charge in [0.1, 0.15) is 5.15 Å². The number of fused-ring (bicyclic) bond motifs is 1. The highest BCUT2D eigenvalue weighted by Gasteiger charge is 2.48. The van der Waals surface area contributed by atoms with Crippen molar-refractivity contribution < 1.29 is 4.79 Å². The molecule has 130 valence electrons. The molecule has 2 aromatic rings. The summed E-state index contributed by atoms with van der Waals surface area (Å²) in [6, 6.07) is 9.51. The Kier molecular flexibility index (Phi) is 3.74. The monoisotopic (exact) mass is 354 g/mol. The van der Waals surface area contributed by atoms with E-state index < -0.39 is 0 Å². The van der Waals surface area contributed by atoms with Gasteiger partial charge in [0.25, 0.3) is 0 Å². The zero-order chi connectivity index (χ0) is 17.0. The molecule has 1 aromatic heterocycles. The molecule has 6 rings (SSSR count). The summed E-state index contributed by atoms with van der Waals surface area (Å²) in [6.45, 7) is 0. The first-order valence-corrected chi connectivity index (χ1v) is 9.88. The predicted molar refractivity (Wildman–Crippen MR) is 101 cm³/mol. The van der Waals surface area contributed by atoms with Crippen LogP contribution in [0.1, 0.15) is 38.5 Å². The molecule has 3 nitrogen and oxygen atoms in total. The zero-order valence-corrected chi connectivity index (χ0v) is 15.0. The Morgan fingerprint density at radius 2 is 1.76 bits per heavy atom. The Hall–Kier alpha value is -1.61. The highest BCUT2D eigenvalue weighted by atomic mass is 35.5. The number of aromatic nitrogens is 1. The third-order valence-corrected chi connectivity index (χ3v) is 7.03. The van der Waals surface area contributed by atoms with E-state index in [2.05, 4.69) is 10.3 Å². The molecule has 0 radical (unpaired) electrons. The smallest absolute Gasteiger partial charge is 0.224 e. The SMILES string of the molecule is O=C(CC1C2CC3CC(C2)CC1C3)Nc1cccc2nc(Cl)ccc12. The lowest BCUT2D eigenvalue weighted by Crippen LogP contribution is -2.46. The van der Waals surface area contributed by atoms with Crippen molar-refractivity contribution in [3.63, 3.8) is 0 Å². The van der Waals surface area contributed by atoms with Gasteiger partial charge in [-0.2, -0.15) is 0 Å². The molecule has 4 aliphatic carbocycles. The average Bonchev–Trinajstić information content (AvgIpc) is 2.57. The van der Waals surface area contributed by atoms with Crippen LogP contribution in [0.25, 0.3) is 10.9 Å². The number of pyridine rings is 1. The van der Waals surface area contributed by atoms with Crippen molar-refractivity contribution >= 4 is 34.1 Å². The molecule has 1 N–H and O–H groups in total. The van der Waals surface area contributed by atoms with Crippen molar-refractivity contribution in [2.45, 2.75) is 38.5 Å². The number of hydrogen-bond donors (Lipinski definition) is 1. The van der Waals surface area contributed by atoms with Gasteiger partial charge in [0.05, 0.1) is 11.2 Å². The van der Waals surface area contributed by atoms with Crippen LogP contribution in [0.2, 0.25) is 5.15 Å². The van der Waals surface area contributed by atoms with E-state index in [1.165, 1.54) is 32.1 Å². The average molecular weight is 355 g/mol. The molecular weight excluding hydrogens is 332 g/mol. The highest BCUT2D eigenvalue weighted by molar-refractivity contribution is 6.29. The van der Waals surface area contributed by atoms with E-state index in [4.69, 9.17) is 11.6 Å². The van der Waals surface area contributed by atoms with Crippen LogP contribution in [-0.2, 0) is 4.79 Å². The van der Waals surface area contributed by atoms with Crippen LogP contribution in [0.5, 0.6) is 0 Å². The van der Waals surface area contributed by atoms with Gasteiger partial charge in [0, 0.05) is 11.8 Å². The summed E-state index contributed by atoms with van der Waals surface area (Å²) in [5.41, 5.74) is 1.66. The number of carbonyl (C=O) groups excluding carboxylic acids is 1. The number of anilines is 1. The van der Waals surface area contributed by atoms with Crippen LogP contribution in [0.4, 0.5) is 5.69 Å². The number of amides is 1. The van der Waals surface area contributed by atoms with E-state index in [1.807, 2.05) is 24.3 Å². The number of carbonyl (C=O) groups is 1. The van der Waals surface area contributed by atoms with Gasteiger partial charge in [0.15, 0.2) is 0 Å². The van der Waals surface area contributed by atoms with Crippen LogP contribution in [0.15, 0.2) is 30.3 Å². The van der Waals surface area contributed by atoms with Gasteiger partial charge in [-0.15, -0.1) is 0 Å². The van der Waals surface area contributed by atoms with Gasteiger partial charge in [-0.1, -0.05) is 17.7 Å². The number of nitrogens with one attached hydrogen (secondary N) is 1. The number of rotatable bonds is 3. The minimum absolute atomic E-state index is 0.153. The van der Waals surface area contributed by atoms with Crippen LogP contribution in [0, 0.1) is 29.6 Å². The largest absolute Gasteiger partial charge is 0.325 e. The number of benzene rings is 1. The van der Waals surface area contributed by atoms with Crippen molar-refractivity contribution in [2.75, 3.05) is 5.32 Å². The molecule has 4 saturated carbocycles. The lowest BCUT2D eigenvalue weighted by molar-refractivity contribution is -0.121. The second-order valence-electron chi connectivity index (χ2n) is 8.35. The summed E-state index contributed by atoms with van der Waals surface area (Å²) in [7, 11) is 0. The van der Waals surface area contributed by atoms with Gasteiger partial charge in [-0.25, -0.2) is 4.98 Å². The lowest BCUT2D eigenvalue weighted by Gasteiger charge is -2.54. The third-order valence-electron chi connectivity index (χ3n) is 6.82. The van der Waals surface area contributed by atoms with Crippen LogP contribution >= 0.6 is 11.6 Å². The first-order valence-electron chi connectivity index (χ1n) is 9.51. The maximum absolute atomic E-state index is 12.8. The maximum Gasteiger partial charge on any atom is 0.224 e. The van der Waals surface area contributed by atoms with Crippen molar-refractivity contribution in [1.82, 2.24) is 4.98 Å². The molecule has 0 saturated heterocycles. The molecule has 1 amide bonds. The van der Waals surface area contributed by atoms with Gasteiger partial charge < -0.3 is 5.32 Å². The summed E-state index contributed by atoms with van der Waals surface area (Å²) in [4.78, 5) is 17.1. The van der Waals surface area contributed by atoms with Gasteiger partial charge in [0.2, 0.25) is 5.91 Å². The minimum atomic E-state index is 0.153. The van der Waals surface area contributed by atoms with Crippen molar-refractivity contribution in [2.24, 2.45) is 29.6 Å². The Balaban J connectivity index is 1.33. The fraction of sp³-hybridized carbons (Fsp3) is 0.524. The summed E-state index contributed by atoms with van der Waals surface area (Å²) in [6.07, 6.45) is 7.58. The normalized spacial score (nSPS) is 32.9. The fourth-order valence-electron chi connectivity index (χ4n) is 6.03. The quantitative estimate of drug-likeness (QED) is 0.761. The Morgan fingerprint density at radius 1 is 1.04 bits per heavy atom. The van der Waals surface area contributed by atoms with E-state index in [1.54, 1.807) is 6.07 Å². The van der Waals surface area contributed by atoms with E-state index in [0.29, 0.717) is 17.5 Å². The van der Waals surface area contributed by atoms with E-state index in [0.717, 1.165) is 40.3 Å². The minimum Gasteiger partial charge on any atom is -0.325 e. The van der Waals surface area contributed by atoms with E-state index in [-0.39, 0.29) is 5.91 Å². The fourth-order valence-corrected chi connectivity index (χ4v) is 6.18. The van der Waals surface area contributed by atoms with Gasteiger partial charge >= 0.3 is 0 Å². The van der Waals surface area contributed by atoms with Crippen LogP contribution < -0.4 is 5.32 Å². The molecule has 1 aromatic carbocycles. The molecule has 0 atom stereocenters. The first kappa shape index (κ1) is 15.6. The molecule has 25 heavy (non-hydrogen) atoms. The summed E-state index contributed by atoms with van der Waals surface area (Å²) < 4.78 is 0. The third kappa shape index (κ3) is 2.83. The Morgan fingerprint density at radius 3 is 2.48 bits per heavy atom. The number of nitrogens with zero attached hydrogens (tertiary/aromatic N) is 1. The second-order valence-corrected chi connectivity index (χ2v) is 8.74. The zero-order valence-electron chi connectivity index (χ0n) is 14.2. The maximum atomic E-state index is 12.8. The van der Waals surface area contributed by atoms with Crippen LogP contribution in [-0.4, -0.2) is 10.9 Å². The second kappa shape index (κ2) is 5.98. The first-order chi connectivity index (χ1) is 12.2. The highest BCUT2D eigenvalue weighted by Crippen LogP contribution is 2.57. The van der Waals surface area contributed by atoms with Gasteiger partial charge in [-0.05, 0) is 86.0 Å². The summed E-state index contributed by atoms with van der Waals surface area (Å²) >= 11 is 5.98. The predicted octanol–water partition coefficient (Wildman–Crippen LogP) is 5.29.